The first-order valence-electron chi connectivity index (χ1n) is 13.2. The summed E-state index contributed by atoms with van der Waals surface area (Å²) < 4.78 is 10.3. The largest absolute Gasteiger partial charge is 0.454 e. The average molecular weight is 528 g/mol. The van der Waals surface area contributed by atoms with E-state index in [0.717, 1.165) is 27.2 Å². The van der Waals surface area contributed by atoms with Crippen molar-refractivity contribution in [1.82, 2.24) is 10.1 Å². The van der Waals surface area contributed by atoms with Crippen molar-refractivity contribution in [2.75, 3.05) is 11.9 Å². The molecule has 7 rings (SSSR count). The number of likely N-dealkylation sites (tertiary alicyclic amines) is 1. The Hall–Kier alpha value is -4.27. The molecule has 9 nitrogen and oxygen atoms in total. The molecule has 3 aromatic rings. The van der Waals surface area contributed by atoms with Crippen molar-refractivity contribution in [2.45, 2.75) is 45.1 Å². The number of nitrogens with zero attached hydrogens (tertiary/aromatic N) is 2. The van der Waals surface area contributed by atoms with Crippen LogP contribution in [-0.2, 0) is 23.9 Å². The summed E-state index contributed by atoms with van der Waals surface area (Å²) in [5, 5.41) is 6.19. The zero-order chi connectivity index (χ0) is 27.4. The highest BCUT2D eigenvalue weighted by molar-refractivity contribution is 6.10. The highest BCUT2D eigenvalue weighted by Crippen LogP contribution is 2.61. The molecular weight excluding hydrogens is 498 g/mol. The van der Waals surface area contributed by atoms with E-state index >= 15 is 0 Å². The van der Waals surface area contributed by atoms with E-state index in [1.165, 1.54) is 6.07 Å². The fourth-order valence-corrected chi connectivity index (χ4v) is 6.60. The maximum Gasteiger partial charge on any atom is 0.329 e. The molecule has 3 amide bonds. The summed E-state index contributed by atoms with van der Waals surface area (Å²) >= 11 is 0. The molecule has 200 valence electrons. The van der Waals surface area contributed by atoms with Gasteiger partial charge in [0.15, 0.2) is 12.4 Å². The molecule has 1 saturated heterocycles. The normalized spacial score (nSPS) is 23.3. The number of amides is 3. The van der Waals surface area contributed by atoms with E-state index in [-0.39, 0.29) is 41.8 Å². The summed E-state index contributed by atoms with van der Waals surface area (Å²) in [4.78, 5) is 55.0. The third-order valence-electron chi connectivity index (χ3n) is 8.00. The Morgan fingerprint density at radius 3 is 1.90 bits per heavy atom. The van der Waals surface area contributed by atoms with Crippen molar-refractivity contribution in [1.29, 1.82) is 0 Å². The number of hydrogen-bond donors (Lipinski definition) is 1. The minimum absolute atomic E-state index is 0.0103. The minimum atomic E-state index is -1.12. The molecule has 2 aromatic carbocycles. The molecule has 4 aliphatic rings. The van der Waals surface area contributed by atoms with Crippen LogP contribution in [0.3, 0.4) is 0 Å². The lowest BCUT2D eigenvalue weighted by Crippen LogP contribution is -2.47. The molecule has 1 fully saturated rings. The van der Waals surface area contributed by atoms with Crippen LogP contribution in [0.2, 0.25) is 0 Å². The van der Waals surface area contributed by atoms with E-state index in [4.69, 9.17) is 9.26 Å². The van der Waals surface area contributed by atoms with Crippen LogP contribution < -0.4 is 5.32 Å². The predicted octanol–water partition coefficient (Wildman–Crippen LogP) is 3.77. The Kier molecular flexibility index (Phi) is 6.09. The van der Waals surface area contributed by atoms with Gasteiger partial charge in [0.05, 0.1) is 11.8 Å². The number of imide groups is 1. The van der Waals surface area contributed by atoms with Gasteiger partial charge in [0, 0.05) is 17.9 Å². The lowest BCUT2D eigenvalue weighted by Gasteiger charge is -2.45. The predicted molar refractivity (Wildman–Crippen MR) is 139 cm³/mol. The number of benzene rings is 2. The molecule has 0 saturated carbocycles. The molecule has 2 bridgehead atoms. The highest BCUT2D eigenvalue weighted by Gasteiger charge is 2.63. The second-order valence-corrected chi connectivity index (χ2v) is 10.9. The van der Waals surface area contributed by atoms with E-state index in [1.807, 2.05) is 62.4 Å². The molecule has 1 N–H and O–H groups in total. The fourth-order valence-electron chi connectivity index (χ4n) is 6.60. The zero-order valence-electron chi connectivity index (χ0n) is 21.9. The van der Waals surface area contributed by atoms with Gasteiger partial charge in [0.1, 0.15) is 11.8 Å². The Bertz CT molecular complexity index is 1380. The lowest BCUT2D eigenvalue weighted by molar-refractivity contribution is -0.160. The van der Waals surface area contributed by atoms with Crippen LogP contribution in [0.1, 0.15) is 60.1 Å². The molecule has 0 spiro atoms. The van der Waals surface area contributed by atoms with Gasteiger partial charge in [-0.3, -0.25) is 19.3 Å². The van der Waals surface area contributed by atoms with Crippen LogP contribution in [0.5, 0.6) is 0 Å². The Labute approximate surface area is 225 Å². The van der Waals surface area contributed by atoms with Gasteiger partial charge in [0.2, 0.25) is 11.8 Å². The van der Waals surface area contributed by atoms with Crippen LogP contribution in [0, 0.1) is 24.7 Å². The van der Waals surface area contributed by atoms with Crippen molar-refractivity contribution in [3.63, 3.8) is 0 Å². The number of aromatic nitrogens is 1. The van der Waals surface area contributed by atoms with E-state index in [2.05, 4.69) is 10.5 Å². The fraction of sp³-hybridized carbons (Fsp3) is 0.367. The van der Waals surface area contributed by atoms with Crippen molar-refractivity contribution in [3.05, 3.63) is 82.6 Å². The quantitative estimate of drug-likeness (QED) is 0.367. The highest BCUT2D eigenvalue weighted by atomic mass is 16.5. The number of carbonyl (C=O) groups is 4. The minimum Gasteiger partial charge on any atom is -0.454 e. The first-order chi connectivity index (χ1) is 18.8. The molecule has 3 atom stereocenters. The summed E-state index contributed by atoms with van der Waals surface area (Å²) in [6.45, 7) is 4.93. The number of rotatable bonds is 7. The number of carbonyl (C=O) groups excluding carboxylic acids is 4. The lowest BCUT2D eigenvalue weighted by atomic mass is 9.55. The number of esters is 1. The number of anilines is 1. The summed E-state index contributed by atoms with van der Waals surface area (Å²) in [6.07, 6.45) is 0.231. The van der Waals surface area contributed by atoms with E-state index in [9.17, 15) is 19.2 Å². The van der Waals surface area contributed by atoms with Crippen LogP contribution in [0.4, 0.5) is 5.82 Å². The van der Waals surface area contributed by atoms with Crippen molar-refractivity contribution >= 4 is 29.5 Å². The molecule has 3 aliphatic carbocycles. The second kappa shape index (κ2) is 9.48. The van der Waals surface area contributed by atoms with Gasteiger partial charge < -0.3 is 14.6 Å². The Morgan fingerprint density at radius 1 is 0.949 bits per heavy atom. The van der Waals surface area contributed by atoms with E-state index < -0.39 is 36.4 Å². The smallest absolute Gasteiger partial charge is 0.329 e. The molecule has 9 heteroatoms. The second-order valence-electron chi connectivity index (χ2n) is 10.9. The van der Waals surface area contributed by atoms with Gasteiger partial charge >= 0.3 is 5.97 Å². The Morgan fingerprint density at radius 2 is 1.46 bits per heavy atom. The van der Waals surface area contributed by atoms with Crippen molar-refractivity contribution in [3.8, 4) is 0 Å². The number of aryl methyl sites for hydroxylation is 1. The van der Waals surface area contributed by atoms with Gasteiger partial charge in [-0.15, -0.1) is 0 Å². The van der Waals surface area contributed by atoms with Gasteiger partial charge in [-0.25, -0.2) is 4.79 Å². The molecule has 39 heavy (non-hydrogen) atoms. The van der Waals surface area contributed by atoms with Gasteiger partial charge in [-0.05, 0) is 41.5 Å². The molecule has 2 heterocycles. The summed E-state index contributed by atoms with van der Waals surface area (Å²) in [6, 6.07) is 16.4. The van der Waals surface area contributed by atoms with Crippen LogP contribution >= 0.6 is 0 Å². The number of ether oxygens (including phenoxy) is 1. The van der Waals surface area contributed by atoms with Crippen LogP contribution in [0.15, 0.2) is 59.1 Å². The standard InChI is InChI=1S/C30H29N3O6/c1-15(2)12-21(30(37)38-14-23(34)31-22-13-16(3)39-32-22)33-28(35)26-24-17-8-4-5-9-18(17)25(27(26)29(33)36)20-11-7-6-10-19(20)24/h4-11,13,15,21,24-27H,12,14H2,1-3H3,(H,31,32,34)/t21-,24?,25?,26-,27+/m1/s1. The van der Waals surface area contributed by atoms with E-state index in [0.29, 0.717) is 5.76 Å². The zero-order valence-corrected chi connectivity index (χ0v) is 21.9. The first-order valence-corrected chi connectivity index (χ1v) is 13.2. The molecule has 0 radical (unpaired) electrons. The molecule has 0 unspecified atom stereocenters. The van der Waals surface area contributed by atoms with Crippen molar-refractivity contribution < 1.29 is 28.4 Å². The monoisotopic (exact) mass is 527 g/mol. The SMILES string of the molecule is Cc1cc(NC(=O)COC(=O)[C@@H](CC(C)C)N2C(=O)[C@@H]3C4c5ccccc5C(c5ccccc54)[C@@H]3C2=O)no1. The summed E-state index contributed by atoms with van der Waals surface area (Å²) in [5.74, 6) is -3.08. The van der Waals surface area contributed by atoms with Gasteiger partial charge in [-0.1, -0.05) is 67.5 Å². The average Bonchev–Trinajstić information content (AvgIpc) is 3.45. The molecule has 1 aromatic heterocycles. The van der Waals surface area contributed by atoms with Crippen LogP contribution in [0.25, 0.3) is 0 Å². The number of nitrogens with one attached hydrogen (secondary N) is 1. The maximum absolute atomic E-state index is 14.1. The summed E-state index contributed by atoms with van der Waals surface area (Å²) in [5.41, 5.74) is 4.25. The summed E-state index contributed by atoms with van der Waals surface area (Å²) in [7, 11) is 0. The Balaban J connectivity index is 1.29. The van der Waals surface area contributed by atoms with Gasteiger partial charge in [-0.2, -0.15) is 0 Å². The maximum atomic E-state index is 14.1. The third kappa shape index (κ3) is 4.04. The van der Waals surface area contributed by atoms with Crippen molar-refractivity contribution in [2.24, 2.45) is 17.8 Å². The first kappa shape index (κ1) is 25.0. The van der Waals surface area contributed by atoms with E-state index in [1.54, 1.807) is 6.92 Å². The van der Waals surface area contributed by atoms with Crippen LogP contribution in [-0.4, -0.2) is 46.4 Å². The molecule has 1 aliphatic heterocycles. The van der Waals surface area contributed by atoms with Gasteiger partial charge in [0.25, 0.3) is 5.91 Å². The number of hydrogen-bond acceptors (Lipinski definition) is 7. The molecular formula is C30H29N3O6. The topological polar surface area (TPSA) is 119 Å². The third-order valence-corrected chi connectivity index (χ3v) is 8.00.